The summed E-state index contributed by atoms with van der Waals surface area (Å²) >= 11 is 0. The predicted octanol–water partition coefficient (Wildman–Crippen LogP) is 0.937. The zero-order valence-electron chi connectivity index (χ0n) is 6.13. The third-order valence-corrected chi connectivity index (χ3v) is 2.34. The number of amides is 1. The molecule has 1 atom stereocenters. The second-order valence-electron chi connectivity index (χ2n) is 3.06. The Morgan fingerprint density at radius 2 is 2.50 bits per heavy atom. The van der Waals surface area contributed by atoms with Crippen molar-refractivity contribution in [3.05, 3.63) is 11.6 Å². The van der Waals surface area contributed by atoms with Gasteiger partial charge < -0.3 is 4.90 Å². The Kier molecular flexibility index (Phi) is 1.10. The molecule has 2 rings (SSSR count). The lowest BCUT2D eigenvalue weighted by molar-refractivity contribution is -0.125. The Morgan fingerprint density at radius 3 is 3.20 bits per heavy atom. The molecule has 0 spiro atoms. The smallest absolute Gasteiger partial charge is 0.249 e. The van der Waals surface area contributed by atoms with Crippen molar-refractivity contribution in [1.29, 1.82) is 0 Å². The molecule has 2 nitrogen and oxygen atoms in total. The monoisotopic (exact) mass is 137 g/mol. The fourth-order valence-corrected chi connectivity index (χ4v) is 1.80. The highest BCUT2D eigenvalue weighted by Crippen LogP contribution is 2.26. The van der Waals surface area contributed by atoms with E-state index < -0.39 is 0 Å². The van der Waals surface area contributed by atoms with Crippen molar-refractivity contribution in [2.75, 3.05) is 6.54 Å². The van der Waals surface area contributed by atoms with Gasteiger partial charge in [0, 0.05) is 12.1 Å². The van der Waals surface area contributed by atoms with E-state index >= 15 is 0 Å². The first kappa shape index (κ1) is 5.96. The van der Waals surface area contributed by atoms with Gasteiger partial charge in [-0.3, -0.25) is 4.79 Å². The summed E-state index contributed by atoms with van der Waals surface area (Å²) < 4.78 is 0. The van der Waals surface area contributed by atoms with Crippen LogP contribution in [-0.2, 0) is 4.79 Å². The van der Waals surface area contributed by atoms with Gasteiger partial charge in [-0.05, 0) is 19.8 Å². The van der Waals surface area contributed by atoms with E-state index in [1.807, 2.05) is 11.8 Å². The van der Waals surface area contributed by atoms with Crippen LogP contribution in [0.2, 0.25) is 0 Å². The van der Waals surface area contributed by atoms with Crippen LogP contribution in [0.25, 0.3) is 0 Å². The van der Waals surface area contributed by atoms with E-state index in [2.05, 4.69) is 6.08 Å². The molecule has 0 saturated carbocycles. The Labute approximate surface area is 60.5 Å². The van der Waals surface area contributed by atoms with Gasteiger partial charge in [-0.25, -0.2) is 0 Å². The third kappa shape index (κ3) is 0.618. The minimum atomic E-state index is 0.252. The van der Waals surface area contributed by atoms with Gasteiger partial charge in [0.1, 0.15) is 0 Å². The summed E-state index contributed by atoms with van der Waals surface area (Å²) in [4.78, 5) is 13.2. The average Bonchev–Trinajstić information content (AvgIpc) is 2.41. The number of hydrogen-bond acceptors (Lipinski definition) is 1. The number of rotatable bonds is 0. The van der Waals surface area contributed by atoms with Crippen molar-refractivity contribution >= 4 is 5.91 Å². The molecule has 0 aromatic heterocycles. The van der Waals surface area contributed by atoms with Crippen molar-refractivity contribution in [3.8, 4) is 0 Å². The van der Waals surface area contributed by atoms with Crippen LogP contribution in [0.1, 0.15) is 19.8 Å². The molecule has 1 amide bonds. The first-order valence-electron chi connectivity index (χ1n) is 3.78. The molecule has 2 aliphatic rings. The van der Waals surface area contributed by atoms with Crippen LogP contribution in [-0.4, -0.2) is 23.4 Å². The van der Waals surface area contributed by atoms with Gasteiger partial charge in [0.05, 0.1) is 6.04 Å². The number of carbonyl (C=O) groups is 1. The lowest BCUT2D eigenvalue weighted by atomic mass is 10.2. The number of hydrogen-bond donors (Lipinski definition) is 0. The molecule has 10 heavy (non-hydrogen) atoms. The molecule has 0 radical (unpaired) electrons. The van der Waals surface area contributed by atoms with Crippen molar-refractivity contribution in [3.63, 3.8) is 0 Å². The molecule has 2 heterocycles. The van der Waals surface area contributed by atoms with Crippen molar-refractivity contribution < 1.29 is 4.79 Å². The molecule has 0 aromatic rings. The van der Waals surface area contributed by atoms with Crippen LogP contribution in [0.3, 0.4) is 0 Å². The normalized spacial score (nSPS) is 30.9. The minimum Gasteiger partial charge on any atom is -0.332 e. The van der Waals surface area contributed by atoms with Gasteiger partial charge in [-0.2, -0.15) is 0 Å². The zero-order valence-corrected chi connectivity index (χ0v) is 6.13. The van der Waals surface area contributed by atoms with E-state index in [9.17, 15) is 4.79 Å². The maximum absolute atomic E-state index is 11.2. The number of fused-ring (bicyclic) bond motifs is 1. The van der Waals surface area contributed by atoms with Crippen LogP contribution in [0.15, 0.2) is 11.6 Å². The summed E-state index contributed by atoms with van der Waals surface area (Å²) in [7, 11) is 0. The molecule has 2 heteroatoms. The van der Waals surface area contributed by atoms with Crippen LogP contribution in [0, 0.1) is 0 Å². The number of nitrogens with zero attached hydrogens (tertiary/aromatic N) is 1. The summed E-state index contributed by atoms with van der Waals surface area (Å²) in [5, 5.41) is 0. The van der Waals surface area contributed by atoms with Crippen LogP contribution in [0.4, 0.5) is 0 Å². The fraction of sp³-hybridized carbons (Fsp3) is 0.625. The standard InChI is InChI=1S/C8H11NO/c1-6-5-7-3-2-4-9(7)8(6)10/h5,7H,2-4H2,1H3/t7-/m0/s1. The molecule has 1 fully saturated rings. The quantitative estimate of drug-likeness (QED) is 0.486. The second-order valence-corrected chi connectivity index (χ2v) is 3.06. The molecular formula is C8H11NO. The van der Waals surface area contributed by atoms with Gasteiger partial charge >= 0.3 is 0 Å². The van der Waals surface area contributed by atoms with Crippen molar-refractivity contribution in [1.82, 2.24) is 4.90 Å². The second kappa shape index (κ2) is 1.84. The van der Waals surface area contributed by atoms with Crippen LogP contribution >= 0.6 is 0 Å². The first-order valence-corrected chi connectivity index (χ1v) is 3.78. The lowest BCUT2D eigenvalue weighted by Crippen LogP contribution is -2.28. The molecule has 0 N–H and O–H groups in total. The van der Waals surface area contributed by atoms with Gasteiger partial charge in [-0.15, -0.1) is 0 Å². The Balaban J connectivity index is 2.28. The zero-order chi connectivity index (χ0) is 7.14. The Hall–Kier alpha value is -0.790. The number of carbonyl (C=O) groups excluding carboxylic acids is 1. The van der Waals surface area contributed by atoms with Crippen LogP contribution in [0.5, 0.6) is 0 Å². The summed E-state index contributed by atoms with van der Waals surface area (Å²) in [5.41, 5.74) is 0.935. The van der Waals surface area contributed by atoms with E-state index in [-0.39, 0.29) is 5.91 Å². The average molecular weight is 137 g/mol. The molecule has 0 bridgehead atoms. The summed E-state index contributed by atoms with van der Waals surface area (Å²) in [6.45, 7) is 2.87. The molecule has 1 saturated heterocycles. The van der Waals surface area contributed by atoms with E-state index in [1.165, 1.54) is 12.8 Å². The summed E-state index contributed by atoms with van der Waals surface area (Å²) in [6, 6.07) is 0.451. The summed E-state index contributed by atoms with van der Waals surface area (Å²) in [5.74, 6) is 0.252. The van der Waals surface area contributed by atoms with E-state index in [0.717, 1.165) is 12.1 Å². The SMILES string of the molecule is CC1=C[C@@H]2CCCN2C1=O. The van der Waals surface area contributed by atoms with Crippen molar-refractivity contribution in [2.24, 2.45) is 0 Å². The minimum absolute atomic E-state index is 0.252. The fourth-order valence-electron chi connectivity index (χ4n) is 1.80. The Bertz CT molecular complexity index is 207. The highest BCUT2D eigenvalue weighted by Gasteiger charge is 2.32. The maximum Gasteiger partial charge on any atom is 0.249 e. The van der Waals surface area contributed by atoms with E-state index in [1.54, 1.807) is 0 Å². The van der Waals surface area contributed by atoms with E-state index in [4.69, 9.17) is 0 Å². The van der Waals surface area contributed by atoms with Gasteiger partial charge in [0.15, 0.2) is 0 Å². The van der Waals surface area contributed by atoms with Crippen LogP contribution < -0.4 is 0 Å². The molecule has 2 aliphatic heterocycles. The largest absolute Gasteiger partial charge is 0.332 e. The van der Waals surface area contributed by atoms with Crippen molar-refractivity contribution in [2.45, 2.75) is 25.8 Å². The summed E-state index contributed by atoms with van der Waals surface area (Å²) in [6.07, 6.45) is 4.44. The molecular weight excluding hydrogens is 126 g/mol. The first-order chi connectivity index (χ1) is 4.79. The van der Waals surface area contributed by atoms with Gasteiger partial charge in [0.2, 0.25) is 5.91 Å². The van der Waals surface area contributed by atoms with Gasteiger partial charge in [0.25, 0.3) is 0 Å². The van der Waals surface area contributed by atoms with E-state index in [0.29, 0.717) is 6.04 Å². The third-order valence-electron chi connectivity index (χ3n) is 2.34. The lowest BCUT2D eigenvalue weighted by Gasteiger charge is -2.14. The molecule has 0 aromatic carbocycles. The maximum atomic E-state index is 11.2. The highest BCUT2D eigenvalue weighted by molar-refractivity contribution is 5.96. The Morgan fingerprint density at radius 1 is 1.70 bits per heavy atom. The topological polar surface area (TPSA) is 20.3 Å². The predicted molar refractivity (Wildman–Crippen MR) is 38.5 cm³/mol. The molecule has 0 unspecified atom stereocenters. The molecule has 54 valence electrons. The highest BCUT2D eigenvalue weighted by atomic mass is 16.2. The molecule has 0 aliphatic carbocycles. The van der Waals surface area contributed by atoms with Gasteiger partial charge in [-0.1, -0.05) is 6.08 Å².